The van der Waals surface area contributed by atoms with Crippen molar-refractivity contribution in [2.75, 3.05) is 6.79 Å². The molecule has 27 heavy (non-hydrogen) atoms. The molecule has 2 fully saturated rings. The van der Waals surface area contributed by atoms with Crippen LogP contribution in [-0.4, -0.2) is 18.9 Å². The molecule has 2 aliphatic carbocycles. The van der Waals surface area contributed by atoms with Crippen LogP contribution in [0.2, 0.25) is 0 Å². The van der Waals surface area contributed by atoms with Gasteiger partial charge in [-0.2, -0.15) is 0 Å². The van der Waals surface area contributed by atoms with Gasteiger partial charge in [0.1, 0.15) is 0 Å². The number of benzene rings is 1. The van der Waals surface area contributed by atoms with Crippen LogP contribution in [-0.2, 0) is 14.3 Å². The zero-order valence-electron chi connectivity index (χ0n) is 15.7. The average Bonchev–Trinajstić information content (AvgIpc) is 2.70. The topological polar surface area (TPSA) is 35.5 Å². The molecule has 0 aromatic heterocycles. The summed E-state index contributed by atoms with van der Waals surface area (Å²) in [5, 5.41) is 0. The van der Waals surface area contributed by atoms with Gasteiger partial charge in [-0.25, -0.2) is 13.6 Å². The largest absolute Gasteiger partial charge is 0.435 e. The van der Waals surface area contributed by atoms with Gasteiger partial charge < -0.3 is 9.47 Å². The lowest BCUT2D eigenvalue weighted by molar-refractivity contribution is -0.157. The number of carbonyl (C=O) groups is 1. The molecule has 0 N–H and O–H groups in total. The van der Waals surface area contributed by atoms with Crippen molar-refractivity contribution in [1.82, 2.24) is 0 Å². The van der Waals surface area contributed by atoms with E-state index >= 15 is 0 Å². The number of ether oxygens (including phenoxy) is 2. The molecule has 1 aromatic rings. The maximum Gasteiger partial charge on any atom is 0.332 e. The van der Waals surface area contributed by atoms with E-state index in [4.69, 9.17) is 9.47 Å². The lowest BCUT2D eigenvalue weighted by Crippen LogP contribution is -2.29. The molecule has 0 heterocycles. The van der Waals surface area contributed by atoms with E-state index in [0.717, 1.165) is 63.0 Å². The highest BCUT2D eigenvalue weighted by Crippen LogP contribution is 2.43. The summed E-state index contributed by atoms with van der Waals surface area (Å²) < 4.78 is 37.1. The van der Waals surface area contributed by atoms with Gasteiger partial charge in [-0.05, 0) is 86.8 Å². The molecular formula is C22H28F2O3. The van der Waals surface area contributed by atoms with Gasteiger partial charge in [0, 0.05) is 6.08 Å². The zero-order valence-corrected chi connectivity index (χ0v) is 15.7. The molecule has 1 aromatic carbocycles. The molecule has 5 heteroatoms. The minimum atomic E-state index is -0.773. The summed E-state index contributed by atoms with van der Waals surface area (Å²) in [6, 6.07) is 4.33. The summed E-state index contributed by atoms with van der Waals surface area (Å²) >= 11 is 0. The molecule has 0 saturated heterocycles. The Balaban J connectivity index is 1.40. The minimum Gasteiger partial charge on any atom is -0.435 e. The van der Waals surface area contributed by atoms with Crippen LogP contribution in [0, 0.1) is 23.5 Å². The second-order valence-electron chi connectivity index (χ2n) is 7.77. The normalized spacial score (nSPS) is 28.5. The van der Waals surface area contributed by atoms with Crippen LogP contribution in [0.5, 0.6) is 0 Å². The van der Waals surface area contributed by atoms with Crippen molar-refractivity contribution in [3.05, 3.63) is 48.1 Å². The number of halogens is 2. The highest BCUT2D eigenvalue weighted by atomic mass is 19.2. The molecule has 148 valence electrons. The number of hydrogen-bond acceptors (Lipinski definition) is 3. The lowest BCUT2D eigenvalue weighted by Gasteiger charge is -2.37. The van der Waals surface area contributed by atoms with Crippen LogP contribution in [0.25, 0.3) is 0 Å². The first-order valence-corrected chi connectivity index (χ1v) is 9.92. The summed E-state index contributed by atoms with van der Waals surface area (Å²) in [5.74, 6) is -0.202. The Morgan fingerprint density at radius 2 is 1.63 bits per heavy atom. The molecule has 0 bridgehead atoms. The third-order valence-electron chi connectivity index (χ3n) is 6.24. The van der Waals surface area contributed by atoms with E-state index in [2.05, 4.69) is 6.58 Å². The average molecular weight is 378 g/mol. The smallest absolute Gasteiger partial charge is 0.332 e. The van der Waals surface area contributed by atoms with Crippen molar-refractivity contribution in [1.29, 1.82) is 0 Å². The third-order valence-corrected chi connectivity index (χ3v) is 6.24. The summed E-state index contributed by atoms with van der Waals surface area (Å²) in [5.41, 5.74) is 0.929. The Kier molecular flexibility index (Phi) is 7.00. The predicted octanol–water partition coefficient (Wildman–Crippen LogP) is 5.50. The monoisotopic (exact) mass is 378 g/mol. The molecule has 2 saturated carbocycles. The SMILES string of the molecule is C=CC(=O)OCOC1CCC(C2CCC(c3ccc(F)c(F)c3)CC2)CC1. The molecule has 0 radical (unpaired) electrons. The van der Waals surface area contributed by atoms with Crippen molar-refractivity contribution >= 4 is 5.97 Å². The van der Waals surface area contributed by atoms with E-state index in [1.165, 1.54) is 12.1 Å². The highest BCUT2D eigenvalue weighted by Gasteiger charge is 2.31. The minimum absolute atomic E-state index is 0.000471. The van der Waals surface area contributed by atoms with Gasteiger partial charge in [-0.1, -0.05) is 12.6 Å². The van der Waals surface area contributed by atoms with Crippen molar-refractivity contribution in [3.63, 3.8) is 0 Å². The Morgan fingerprint density at radius 1 is 1.00 bits per heavy atom. The second-order valence-corrected chi connectivity index (χ2v) is 7.77. The van der Waals surface area contributed by atoms with Crippen molar-refractivity contribution in [3.8, 4) is 0 Å². The van der Waals surface area contributed by atoms with Crippen LogP contribution in [0.3, 0.4) is 0 Å². The molecule has 0 aliphatic heterocycles. The van der Waals surface area contributed by atoms with E-state index in [1.54, 1.807) is 6.07 Å². The predicted molar refractivity (Wildman–Crippen MR) is 99.0 cm³/mol. The number of rotatable bonds is 6. The molecular weight excluding hydrogens is 350 g/mol. The zero-order chi connectivity index (χ0) is 19.2. The molecule has 0 atom stereocenters. The Hall–Kier alpha value is -1.75. The summed E-state index contributed by atoms with van der Waals surface area (Å²) in [7, 11) is 0. The quantitative estimate of drug-likeness (QED) is 0.372. The Labute approximate surface area is 159 Å². The fourth-order valence-corrected chi connectivity index (χ4v) is 4.66. The van der Waals surface area contributed by atoms with Gasteiger partial charge >= 0.3 is 5.97 Å². The molecule has 3 nitrogen and oxygen atoms in total. The first-order chi connectivity index (χ1) is 13.1. The fraction of sp³-hybridized carbons (Fsp3) is 0.591. The standard InChI is InChI=1S/C22H28F2O3/c1-2-22(25)27-14-26-19-10-7-16(8-11-19)15-3-5-17(6-4-15)18-9-12-20(23)21(24)13-18/h2,9,12-13,15-17,19H,1,3-8,10-11,14H2. The van der Waals surface area contributed by atoms with Crippen LogP contribution in [0.4, 0.5) is 8.78 Å². The van der Waals surface area contributed by atoms with Crippen LogP contribution in [0.1, 0.15) is 62.8 Å². The molecule has 0 amide bonds. The van der Waals surface area contributed by atoms with Crippen molar-refractivity contribution in [2.45, 2.75) is 63.4 Å². The van der Waals surface area contributed by atoms with Crippen molar-refractivity contribution < 1.29 is 23.0 Å². The second kappa shape index (κ2) is 9.45. The van der Waals surface area contributed by atoms with E-state index in [0.29, 0.717) is 17.8 Å². The maximum absolute atomic E-state index is 13.5. The van der Waals surface area contributed by atoms with Gasteiger partial charge in [0.15, 0.2) is 18.4 Å². The van der Waals surface area contributed by atoms with Gasteiger partial charge in [0.2, 0.25) is 0 Å². The summed E-state index contributed by atoms with van der Waals surface area (Å²) in [6.45, 7) is 3.35. The summed E-state index contributed by atoms with van der Waals surface area (Å²) in [6.07, 6.45) is 9.97. The van der Waals surface area contributed by atoms with Gasteiger partial charge in [0.25, 0.3) is 0 Å². The first-order valence-electron chi connectivity index (χ1n) is 9.92. The number of carbonyl (C=O) groups excluding carboxylic acids is 1. The van der Waals surface area contributed by atoms with E-state index in [9.17, 15) is 13.6 Å². The molecule has 0 spiro atoms. The highest BCUT2D eigenvalue weighted by molar-refractivity contribution is 5.81. The number of esters is 1. The Morgan fingerprint density at radius 3 is 2.22 bits per heavy atom. The first kappa shape index (κ1) is 20.0. The maximum atomic E-state index is 13.5. The van der Waals surface area contributed by atoms with Gasteiger partial charge in [0.05, 0.1) is 6.10 Å². The molecule has 0 unspecified atom stereocenters. The van der Waals surface area contributed by atoms with E-state index in [-0.39, 0.29) is 12.9 Å². The van der Waals surface area contributed by atoms with E-state index in [1.807, 2.05) is 0 Å². The lowest BCUT2D eigenvalue weighted by atomic mass is 9.69. The third kappa shape index (κ3) is 5.38. The molecule has 3 rings (SSSR count). The van der Waals surface area contributed by atoms with Crippen LogP contribution < -0.4 is 0 Å². The van der Waals surface area contributed by atoms with Gasteiger partial charge in [-0.15, -0.1) is 0 Å². The molecule has 2 aliphatic rings. The van der Waals surface area contributed by atoms with Gasteiger partial charge in [-0.3, -0.25) is 0 Å². The van der Waals surface area contributed by atoms with Crippen LogP contribution in [0.15, 0.2) is 30.9 Å². The van der Waals surface area contributed by atoms with E-state index < -0.39 is 17.6 Å². The summed E-state index contributed by atoms with van der Waals surface area (Å²) in [4.78, 5) is 11.0. The Bertz CT molecular complexity index is 645. The van der Waals surface area contributed by atoms with Crippen LogP contribution >= 0.6 is 0 Å². The van der Waals surface area contributed by atoms with Crippen molar-refractivity contribution in [2.24, 2.45) is 11.8 Å². The fourth-order valence-electron chi connectivity index (χ4n) is 4.66. The number of hydrogen-bond donors (Lipinski definition) is 0.